The second-order valence-corrected chi connectivity index (χ2v) is 3.66. The number of phenolic OH excluding ortho intramolecular Hbond substituents is 1. The number of hydrogen-bond acceptors (Lipinski definition) is 2. The Morgan fingerprint density at radius 3 is 2.64 bits per heavy atom. The molecule has 0 saturated carbocycles. The normalized spacial score (nSPS) is 12.5. The molecule has 0 radical (unpaired) electrons. The topological polar surface area (TPSA) is 37.3 Å². The van der Waals surface area contributed by atoms with Crippen LogP contribution in [0.25, 0.3) is 0 Å². The third-order valence-electron chi connectivity index (χ3n) is 2.13. The molecule has 1 unspecified atom stereocenters. The maximum atomic E-state index is 11.0. The predicted molar refractivity (Wildman–Crippen MR) is 56.8 cm³/mol. The van der Waals surface area contributed by atoms with Crippen LogP contribution >= 0.6 is 11.6 Å². The Bertz CT molecular complexity index is 347. The number of carbonyl (C=O) groups excluding carboxylic acids is 1. The van der Waals surface area contributed by atoms with Gasteiger partial charge in [0.25, 0.3) is 0 Å². The summed E-state index contributed by atoms with van der Waals surface area (Å²) in [6, 6.07) is 5.22. The van der Waals surface area contributed by atoms with E-state index in [9.17, 15) is 9.90 Å². The predicted octanol–water partition coefficient (Wildman–Crippen LogP) is 2.82. The van der Waals surface area contributed by atoms with Gasteiger partial charge < -0.3 is 5.11 Å². The molecule has 0 heterocycles. The quantitative estimate of drug-likeness (QED) is 0.783. The Kier molecular flexibility index (Phi) is 3.53. The second-order valence-electron chi connectivity index (χ2n) is 3.22. The van der Waals surface area contributed by atoms with E-state index < -0.39 is 5.38 Å². The van der Waals surface area contributed by atoms with Crippen molar-refractivity contribution in [2.45, 2.75) is 25.6 Å². The maximum absolute atomic E-state index is 11.0. The summed E-state index contributed by atoms with van der Waals surface area (Å²) in [6.07, 6.45) is 0.848. The molecule has 14 heavy (non-hydrogen) atoms. The van der Waals surface area contributed by atoms with Crippen LogP contribution in [0.5, 0.6) is 5.75 Å². The van der Waals surface area contributed by atoms with Gasteiger partial charge in [0.1, 0.15) is 11.1 Å². The molecular formula is C11H13ClO2. The fourth-order valence-corrected chi connectivity index (χ4v) is 1.43. The Morgan fingerprint density at radius 2 is 2.21 bits per heavy atom. The van der Waals surface area contributed by atoms with Gasteiger partial charge >= 0.3 is 0 Å². The van der Waals surface area contributed by atoms with Crippen LogP contribution in [-0.4, -0.2) is 10.9 Å². The lowest BCUT2D eigenvalue weighted by atomic mass is 10.0. The average molecular weight is 213 g/mol. The second kappa shape index (κ2) is 4.47. The first-order valence-corrected chi connectivity index (χ1v) is 4.96. The highest BCUT2D eigenvalue weighted by Crippen LogP contribution is 2.30. The summed E-state index contributed by atoms with van der Waals surface area (Å²) in [5.74, 6) is -0.0641. The van der Waals surface area contributed by atoms with Crippen LogP contribution < -0.4 is 0 Å². The van der Waals surface area contributed by atoms with E-state index in [0.29, 0.717) is 5.56 Å². The number of phenols is 1. The molecule has 0 amide bonds. The first-order chi connectivity index (χ1) is 6.56. The van der Waals surface area contributed by atoms with Crippen molar-refractivity contribution in [1.82, 2.24) is 0 Å². The van der Waals surface area contributed by atoms with Crippen LogP contribution in [0.15, 0.2) is 18.2 Å². The number of Topliss-reactive ketones (excluding diaryl/α,β-unsaturated/α-hetero) is 1. The van der Waals surface area contributed by atoms with Crippen molar-refractivity contribution >= 4 is 17.4 Å². The Morgan fingerprint density at radius 1 is 1.57 bits per heavy atom. The van der Waals surface area contributed by atoms with E-state index >= 15 is 0 Å². The minimum absolute atomic E-state index is 0.0968. The van der Waals surface area contributed by atoms with Crippen LogP contribution in [0.1, 0.15) is 30.4 Å². The highest BCUT2D eigenvalue weighted by Gasteiger charge is 2.16. The zero-order valence-corrected chi connectivity index (χ0v) is 9.01. The van der Waals surface area contributed by atoms with Crippen LogP contribution in [0.3, 0.4) is 0 Å². The van der Waals surface area contributed by atoms with Gasteiger partial charge in [-0.25, -0.2) is 0 Å². The van der Waals surface area contributed by atoms with Gasteiger partial charge in [-0.05, 0) is 25.0 Å². The number of aromatic hydroxyl groups is 1. The number of alkyl halides is 1. The smallest absolute Gasteiger partial charge is 0.152 e. The zero-order valence-electron chi connectivity index (χ0n) is 8.25. The van der Waals surface area contributed by atoms with Crippen molar-refractivity contribution in [1.29, 1.82) is 0 Å². The van der Waals surface area contributed by atoms with Crippen molar-refractivity contribution in [3.8, 4) is 5.75 Å². The van der Waals surface area contributed by atoms with Crippen LogP contribution in [0.2, 0.25) is 0 Å². The fourth-order valence-electron chi connectivity index (χ4n) is 1.24. The van der Waals surface area contributed by atoms with Gasteiger partial charge in [-0.3, -0.25) is 4.79 Å². The number of aryl methyl sites for hydroxylation is 1. The molecule has 3 heteroatoms. The minimum atomic E-state index is -0.749. The van der Waals surface area contributed by atoms with Crippen molar-refractivity contribution in [3.05, 3.63) is 29.3 Å². The summed E-state index contributed by atoms with van der Waals surface area (Å²) in [5, 5.41) is 8.86. The van der Waals surface area contributed by atoms with E-state index in [1.54, 1.807) is 12.1 Å². The molecule has 0 saturated heterocycles. The summed E-state index contributed by atoms with van der Waals surface area (Å²) in [5.41, 5.74) is 1.51. The summed E-state index contributed by atoms with van der Waals surface area (Å²) in [4.78, 5) is 11.0. The summed E-state index contributed by atoms with van der Waals surface area (Å²) in [7, 11) is 0. The van der Waals surface area contributed by atoms with E-state index in [1.165, 1.54) is 6.92 Å². The molecule has 0 aliphatic heterocycles. The van der Waals surface area contributed by atoms with Crippen LogP contribution in [0.4, 0.5) is 0 Å². The lowest BCUT2D eigenvalue weighted by Crippen LogP contribution is -2.02. The van der Waals surface area contributed by atoms with Crippen molar-refractivity contribution < 1.29 is 9.90 Å². The molecule has 76 valence electrons. The van der Waals surface area contributed by atoms with Gasteiger partial charge in [-0.2, -0.15) is 0 Å². The molecule has 0 aliphatic rings. The van der Waals surface area contributed by atoms with Gasteiger partial charge in [0.15, 0.2) is 5.78 Å². The summed E-state index contributed by atoms with van der Waals surface area (Å²) in [6.45, 7) is 3.41. The van der Waals surface area contributed by atoms with Gasteiger partial charge in [0.2, 0.25) is 0 Å². The Hall–Kier alpha value is -1.02. The number of rotatable bonds is 3. The Balaban J connectivity index is 3.05. The molecule has 2 nitrogen and oxygen atoms in total. The fraction of sp³-hybridized carbons (Fsp3) is 0.364. The highest BCUT2D eigenvalue weighted by atomic mass is 35.5. The largest absolute Gasteiger partial charge is 0.508 e. The number of ketones is 1. The van der Waals surface area contributed by atoms with Crippen molar-refractivity contribution in [2.75, 3.05) is 0 Å². The van der Waals surface area contributed by atoms with Crippen molar-refractivity contribution in [3.63, 3.8) is 0 Å². The Labute approximate surface area is 88.5 Å². The minimum Gasteiger partial charge on any atom is -0.508 e. The van der Waals surface area contributed by atoms with E-state index in [-0.39, 0.29) is 11.5 Å². The molecule has 0 aliphatic carbocycles. The SMILES string of the molecule is CCc1ccc(C(Cl)C(C)=O)c(O)c1. The average Bonchev–Trinajstić information content (AvgIpc) is 2.16. The molecule has 0 spiro atoms. The third kappa shape index (κ3) is 2.26. The third-order valence-corrected chi connectivity index (χ3v) is 2.68. The monoisotopic (exact) mass is 212 g/mol. The molecule has 0 aromatic heterocycles. The molecule has 0 fully saturated rings. The first kappa shape index (κ1) is 11.1. The molecule has 1 atom stereocenters. The maximum Gasteiger partial charge on any atom is 0.152 e. The molecule has 1 aromatic carbocycles. The van der Waals surface area contributed by atoms with E-state index in [2.05, 4.69) is 0 Å². The number of halogens is 1. The molecule has 1 N–H and O–H groups in total. The number of hydrogen-bond donors (Lipinski definition) is 1. The van der Waals surface area contributed by atoms with E-state index in [0.717, 1.165) is 12.0 Å². The lowest BCUT2D eigenvalue weighted by Gasteiger charge is -2.09. The summed E-state index contributed by atoms with van der Waals surface area (Å²) >= 11 is 5.83. The number of carbonyl (C=O) groups is 1. The van der Waals surface area contributed by atoms with Gasteiger partial charge in [0, 0.05) is 5.56 Å². The van der Waals surface area contributed by atoms with Crippen LogP contribution in [-0.2, 0) is 11.2 Å². The molecule has 1 aromatic rings. The number of benzene rings is 1. The van der Waals surface area contributed by atoms with Gasteiger partial charge in [-0.15, -0.1) is 11.6 Å². The van der Waals surface area contributed by atoms with Crippen molar-refractivity contribution in [2.24, 2.45) is 0 Å². The molecule has 1 rings (SSSR count). The lowest BCUT2D eigenvalue weighted by molar-refractivity contribution is -0.116. The van der Waals surface area contributed by atoms with Crippen LogP contribution in [0, 0.1) is 0 Å². The van der Waals surface area contributed by atoms with Gasteiger partial charge in [0.05, 0.1) is 0 Å². The molecular weight excluding hydrogens is 200 g/mol. The molecule has 0 bridgehead atoms. The van der Waals surface area contributed by atoms with E-state index in [1.807, 2.05) is 13.0 Å². The highest BCUT2D eigenvalue weighted by molar-refractivity contribution is 6.31. The zero-order chi connectivity index (χ0) is 10.7. The van der Waals surface area contributed by atoms with Gasteiger partial charge in [-0.1, -0.05) is 19.1 Å². The summed E-state index contributed by atoms with van der Waals surface area (Å²) < 4.78 is 0. The standard InChI is InChI=1S/C11H13ClO2/c1-3-8-4-5-9(10(14)6-8)11(12)7(2)13/h4-6,11,14H,3H2,1-2H3. The van der Waals surface area contributed by atoms with E-state index in [4.69, 9.17) is 11.6 Å². The first-order valence-electron chi connectivity index (χ1n) is 4.52.